The molecule has 4 heteroatoms. The minimum atomic E-state index is 0.249. The van der Waals surface area contributed by atoms with Gasteiger partial charge in [-0.25, -0.2) is 0 Å². The van der Waals surface area contributed by atoms with Crippen LogP contribution in [0.25, 0.3) is 11.0 Å². The van der Waals surface area contributed by atoms with E-state index >= 15 is 0 Å². The van der Waals surface area contributed by atoms with Crippen LogP contribution in [0.5, 0.6) is 0 Å². The number of aryl methyl sites for hydroxylation is 3. The van der Waals surface area contributed by atoms with E-state index in [0.29, 0.717) is 6.42 Å². The molecule has 0 radical (unpaired) electrons. The molecule has 146 valence electrons. The Morgan fingerprint density at radius 3 is 2.44 bits per heavy atom. The van der Waals surface area contributed by atoms with Gasteiger partial charge in [0.15, 0.2) is 0 Å². The number of fused-ring (bicyclic) bond motifs is 1. The van der Waals surface area contributed by atoms with Crippen LogP contribution in [0.3, 0.4) is 0 Å². The van der Waals surface area contributed by atoms with Gasteiger partial charge in [0.2, 0.25) is 5.91 Å². The summed E-state index contributed by atoms with van der Waals surface area (Å²) < 4.78 is 5.85. The minimum absolute atomic E-state index is 0.249. The Morgan fingerprint density at radius 1 is 1.07 bits per heavy atom. The Morgan fingerprint density at radius 2 is 1.74 bits per heavy atom. The highest BCUT2D eigenvalue weighted by Crippen LogP contribution is 2.32. The van der Waals surface area contributed by atoms with Gasteiger partial charge in [0.25, 0.3) is 0 Å². The summed E-state index contributed by atoms with van der Waals surface area (Å²) in [5, 5.41) is 4.59. The maximum absolute atomic E-state index is 12.9. The molecule has 4 rings (SSSR count). The fourth-order valence-electron chi connectivity index (χ4n) is 5.13. The summed E-state index contributed by atoms with van der Waals surface area (Å²) in [6, 6.07) is 2.20. The van der Waals surface area contributed by atoms with Gasteiger partial charge >= 0.3 is 0 Å². The highest BCUT2D eigenvalue weighted by molar-refractivity contribution is 5.91. The fourth-order valence-corrected chi connectivity index (χ4v) is 5.13. The molecule has 0 unspecified atom stereocenters. The number of hydrogen-bond acceptors (Lipinski definition) is 3. The van der Waals surface area contributed by atoms with Gasteiger partial charge in [-0.15, -0.1) is 0 Å². The number of piperidine rings is 2. The topological polar surface area (TPSA) is 45.5 Å². The van der Waals surface area contributed by atoms with E-state index in [1.807, 2.05) is 0 Å². The Labute approximate surface area is 162 Å². The SMILES string of the molecule is Cc1cc(C)c2c(CC(=O)N3CCC(C4CCNCC4)CC3)coc2c1C. The molecule has 3 heterocycles. The van der Waals surface area contributed by atoms with E-state index in [4.69, 9.17) is 4.42 Å². The van der Waals surface area contributed by atoms with Crippen molar-refractivity contribution >= 4 is 16.9 Å². The molecule has 4 nitrogen and oxygen atoms in total. The molecule has 2 saturated heterocycles. The Hall–Kier alpha value is -1.81. The lowest BCUT2D eigenvalue weighted by molar-refractivity contribution is -0.132. The number of rotatable bonds is 3. The molecule has 0 bridgehead atoms. The summed E-state index contributed by atoms with van der Waals surface area (Å²) in [7, 11) is 0. The number of carbonyl (C=O) groups is 1. The predicted molar refractivity (Wildman–Crippen MR) is 109 cm³/mol. The van der Waals surface area contributed by atoms with Crippen LogP contribution in [-0.2, 0) is 11.2 Å². The van der Waals surface area contributed by atoms with Crippen molar-refractivity contribution in [2.45, 2.75) is 52.9 Å². The van der Waals surface area contributed by atoms with Crippen LogP contribution >= 0.6 is 0 Å². The van der Waals surface area contributed by atoms with Gasteiger partial charge < -0.3 is 14.6 Å². The molecule has 27 heavy (non-hydrogen) atoms. The average Bonchev–Trinajstić information content (AvgIpc) is 3.11. The van der Waals surface area contributed by atoms with E-state index in [1.165, 1.54) is 42.4 Å². The predicted octanol–water partition coefficient (Wildman–Crippen LogP) is 4.14. The quantitative estimate of drug-likeness (QED) is 0.886. The first kappa shape index (κ1) is 18.5. The second-order valence-corrected chi connectivity index (χ2v) is 8.58. The zero-order valence-corrected chi connectivity index (χ0v) is 16.9. The van der Waals surface area contributed by atoms with E-state index in [9.17, 15) is 4.79 Å². The van der Waals surface area contributed by atoms with Crippen LogP contribution in [-0.4, -0.2) is 37.0 Å². The van der Waals surface area contributed by atoms with Crippen LogP contribution in [0.15, 0.2) is 16.7 Å². The molecule has 0 saturated carbocycles. The lowest BCUT2D eigenvalue weighted by Crippen LogP contribution is -2.42. The zero-order chi connectivity index (χ0) is 19.0. The summed E-state index contributed by atoms with van der Waals surface area (Å²) in [6.07, 6.45) is 7.19. The summed E-state index contributed by atoms with van der Waals surface area (Å²) in [4.78, 5) is 15.0. The second kappa shape index (κ2) is 7.67. The maximum Gasteiger partial charge on any atom is 0.227 e. The summed E-state index contributed by atoms with van der Waals surface area (Å²) in [5.41, 5.74) is 5.61. The van der Waals surface area contributed by atoms with Crippen molar-refractivity contribution in [2.75, 3.05) is 26.2 Å². The summed E-state index contributed by atoms with van der Waals surface area (Å²) >= 11 is 0. The van der Waals surface area contributed by atoms with Crippen molar-refractivity contribution in [1.29, 1.82) is 0 Å². The lowest BCUT2D eigenvalue weighted by atomic mass is 9.79. The van der Waals surface area contributed by atoms with Crippen molar-refractivity contribution in [1.82, 2.24) is 10.2 Å². The van der Waals surface area contributed by atoms with Crippen LogP contribution in [0.1, 0.15) is 47.9 Å². The van der Waals surface area contributed by atoms with Crippen molar-refractivity contribution < 1.29 is 9.21 Å². The minimum Gasteiger partial charge on any atom is -0.464 e. The van der Waals surface area contributed by atoms with E-state index in [0.717, 1.165) is 54.5 Å². The average molecular weight is 369 g/mol. The molecular weight excluding hydrogens is 336 g/mol. The number of amides is 1. The van der Waals surface area contributed by atoms with Crippen molar-refractivity contribution in [3.05, 3.63) is 34.6 Å². The third-order valence-electron chi connectivity index (χ3n) is 6.91. The molecule has 1 amide bonds. The molecule has 0 aliphatic carbocycles. The highest BCUT2D eigenvalue weighted by atomic mass is 16.3. The first-order valence-electron chi connectivity index (χ1n) is 10.5. The van der Waals surface area contributed by atoms with Gasteiger partial charge in [0, 0.05) is 24.0 Å². The third-order valence-corrected chi connectivity index (χ3v) is 6.91. The van der Waals surface area contributed by atoms with E-state index in [-0.39, 0.29) is 5.91 Å². The molecule has 1 N–H and O–H groups in total. The van der Waals surface area contributed by atoms with Crippen molar-refractivity contribution in [3.63, 3.8) is 0 Å². The molecular formula is C23H32N2O2. The van der Waals surface area contributed by atoms with E-state index in [1.54, 1.807) is 6.26 Å². The summed E-state index contributed by atoms with van der Waals surface area (Å²) in [5.74, 6) is 1.91. The monoisotopic (exact) mass is 368 g/mol. The van der Waals surface area contributed by atoms with Gasteiger partial charge in [-0.1, -0.05) is 6.07 Å². The normalized spacial score (nSPS) is 19.7. The largest absolute Gasteiger partial charge is 0.464 e. The van der Waals surface area contributed by atoms with Crippen LogP contribution in [0.2, 0.25) is 0 Å². The molecule has 1 aromatic heterocycles. The Bertz CT molecular complexity index is 825. The van der Waals surface area contributed by atoms with Crippen molar-refractivity contribution in [3.8, 4) is 0 Å². The molecule has 2 fully saturated rings. The Kier molecular flexibility index (Phi) is 5.27. The van der Waals surface area contributed by atoms with Gasteiger partial charge in [0.05, 0.1) is 12.7 Å². The van der Waals surface area contributed by atoms with E-state index < -0.39 is 0 Å². The lowest BCUT2D eigenvalue weighted by Gasteiger charge is -2.37. The molecule has 1 aromatic carbocycles. The number of furan rings is 1. The molecule has 2 aliphatic rings. The number of benzene rings is 1. The second-order valence-electron chi connectivity index (χ2n) is 8.58. The zero-order valence-electron chi connectivity index (χ0n) is 16.9. The number of nitrogens with zero attached hydrogens (tertiary/aromatic N) is 1. The van der Waals surface area contributed by atoms with Gasteiger partial charge in [-0.2, -0.15) is 0 Å². The summed E-state index contributed by atoms with van der Waals surface area (Å²) in [6.45, 7) is 10.5. The van der Waals surface area contributed by atoms with Crippen LogP contribution in [0, 0.1) is 32.6 Å². The highest BCUT2D eigenvalue weighted by Gasteiger charge is 2.29. The molecule has 2 aliphatic heterocycles. The van der Waals surface area contributed by atoms with Crippen molar-refractivity contribution in [2.24, 2.45) is 11.8 Å². The fraction of sp³-hybridized carbons (Fsp3) is 0.609. The smallest absolute Gasteiger partial charge is 0.227 e. The standard InChI is InChI=1S/C23H32N2O2/c1-15-12-16(2)22-20(14-27-23(22)17(15)3)13-21(26)25-10-6-19(7-11-25)18-4-8-24-9-5-18/h12,14,18-19,24H,4-11,13H2,1-3H3. The van der Waals surface area contributed by atoms with Crippen LogP contribution < -0.4 is 5.32 Å². The molecule has 2 aromatic rings. The molecule has 0 spiro atoms. The van der Waals surface area contributed by atoms with Gasteiger partial charge in [0.1, 0.15) is 5.58 Å². The maximum atomic E-state index is 12.9. The number of likely N-dealkylation sites (tertiary alicyclic amines) is 1. The first-order valence-corrected chi connectivity index (χ1v) is 10.5. The Balaban J connectivity index is 1.41. The van der Waals surface area contributed by atoms with Gasteiger partial charge in [-0.05, 0) is 88.1 Å². The first-order chi connectivity index (χ1) is 13.0. The van der Waals surface area contributed by atoms with Crippen LogP contribution in [0.4, 0.5) is 0 Å². The number of carbonyl (C=O) groups excluding carboxylic acids is 1. The number of hydrogen-bond donors (Lipinski definition) is 1. The molecule has 0 atom stereocenters. The van der Waals surface area contributed by atoms with Gasteiger partial charge in [-0.3, -0.25) is 4.79 Å². The van der Waals surface area contributed by atoms with E-state index in [2.05, 4.69) is 37.1 Å². The third kappa shape index (κ3) is 3.64. The number of nitrogens with one attached hydrogen (secondary N) is 1.